The third-order valence-corrected chi connectivity index (χ3v) is 6.15. The number of hydrogen-bond donors (Lipinski definition) is 0. The van der Waals surface area contributed by atoms with Crippen LogP contribution in [0.5, 0.6) is 0 Å². The second-order valence-corrected chi connectivity index (χ2v) is 10.4. The Labute approximate surface area is 218 Å². The van der Waals surface area contributed by atoms with Crippen molar-refractivity contribution >= 4 is 11.9 Å². The maximum atomic E-state index is 13.5. The Balaban J connectivity index is 2.53. The van der Waals surface area contributed by atoms with Crippen LogP contribution in [0.15, 0.2) is 72.8 Å². The fourth-order valence-electron chi connectivity index (χ4n) is 4.65. The Bertz CT molecular complexity index is 905. The molecular weight excluding hydrogens is 448 g/mol. The summed E-state index contributed by atoms with van der Waals surface area (Å²) >= 11 is 0. The van der Waals surface area contributed by atoms with Crippen LogP contribution in [0.3, 0.4) is 0 Å². The first kappa shape index (κ1) is 29.3. The van der Waals surface area contributed by atoms with Crippen molar-refractivity contribution in [3.05, 3.63) is 83.9 Å². The topological polar surface area (TPSA) is 49.9 Å². The number of benzene rings is 2. The number of hydrogen-bond acceptors (Lipinski definition) is 4. The first-order valence-corrected chi connectivity index (χ1v) is 13.1. The molecule has 2 aromatic rings. The molecule has 0 unspecified atom stereocenters. The van der Waals surface area contributed by atoms with Gasteiger partial charge in [-0.2, -0.15) is 0 Å². The van der Waals surface area contributed by atoms with E-state index >= 15 is 0 Å². The predicted molar refractivity (Wildman–Crippen MR) is 148 cm³/mol. The zero-order valence-electron chi connectivity index (χ0n) is 23.1. The van der Waals surface area contributed by atoms with Crippen LogP contribution in [0.1, 0.15) is 66.0 Å². The van der Waals surface area contributed by atoms with Crippen LogP contribution in [0.25, 0.3) is 0 Å². The molecule has 0 heterocycles. The molecule has 0 saturated heterocycles. The number of ether oxygens (including phenoxy) is 1. The predicted octanol–water partition coefficient (Wildman–Crippen LogP) is 6.87. The number of nitrogens with zero attached hydrogens (tertiary/aromatic N) is 2. The molecule has 2 aromatic carbocycles. The van der Waals surface area contributed by atoms with Gasteiger partial charge in [0.25, 0.3) is 0 Å². The van der Waals surface area contributed by atoms with E-state index in [1.165, 1.54) is 6.08 Å². The number of amides is 1. The fourth-order valence-corrected chi connectivity index (χ4v) is 4.65. The van der Waals surface area contributed by atoms with E-state index in [1.807, 2.05) is 71.0 Å². The highest BCUT2D eigenvalue weighted by Gasteiger charge is 2.37. The molecule has 36 heavy (non-hydrogen) atoms. The normalized spacial score (nSPS) is 13.5. The number of carbonyl (C=O) groups is 2. The highest BCUT2D eigenvalue weighted by Crippen LogP contribution is 2.25. The van der Waals surface area contributed by atoms with Crippen molar-refractivity contribution < 1.29 is 14.3 Å². The molecule has 1 amide bonds. The maximum absolute atomic E-state index is 13.5. The Morgan fingerprint density at radius 2 is 1.28 bits per heavy atom. The van der Waals surface area contributed by atoms with Gasteiger partial charge >= 0.3 is 6.09 Å². The van der Waals surface area contributed by atoms with E-state index in [9.17, 15) is 9.59 Å². The molecule has 0 aliphatic carbocycles. The van der Waals surface area contributed by atoms with Gasteiger partial charge in [-0.15, -0.1) is 0 Å². The van der Waals surface area contributed by atoms with E-state index in [0.717, 1.165) is 11.1 Å². The molecule has 0 N–H and O–H groups in total. The van der Waals surface area contributed by atoms with Crippen LogP contribution in [0, 0.1) is 5.92 Å². The molecule has 196 valence electrons. The van der Waals surface area contributed by atoms with E-state index in [0.29, 0.717) is 25.4 Å². The van der Waals surface area contributed by atoms with Gasteiger partial charge < -0.3 is 9.64 Å². The summed E-state index contributed by atoms with van der Waals surface area (Å²) in [5.41, 5.74) is 2.30. The van der Waals surface area contributed by atoms with Crippen molar-refractivity contribution in [1.29, 1.82) is 0 Å². The van der Waals surface area contributed by atoms with E-state index in [4.69, 9.17) is 4.74 Å². The first-order valence-electron chi connectivity index (χ1n) is 13.1. The zero-order chi connectivity index (χ0) is 26.7. The minimum atomic E-state index is -0.913. The van der Waals surface area contributed by atoms with Crippen LogP contribution in [0.4, 0.5) is 4.79 Å². The third kappa shape index (κ3) is 8.94. The Hall–Kier alpha value is -2.92. The van der Waals surface area contributed by atoms with Crippen LogP contribution >= 0.6 is 0 Å². The highest BCUT2D eigenvalue weighted by molar-refractivity contribution is 5.95. The Kier molecular flexibility index (Phi) is 11.9. The average Bonchev–Trinajstić information content (AvgIpc) is 2.81. The number of allylic oxidation sites excluding steroid dienone is 1. The van der Waals surface area contributed by atoms with Crippen molar-refractivity contribution in [2.45, 2.75) is 92.2 Å². The molecule has 0 aliphatic rings. The minimum Gasteiger partial charge on any atom is -0.436 e. The SMILES string of the molecule is C/C=C/C(=O)[C@@H](OC(=O)N(C(C)C)C(C)C)[C@H](CC(C)C)N(Cc1ccccc1)Cc1ccccc1. The molecule has 0 aliphatic heterocycles. The van der Waals surface area contributed by atoms with Crippen molar-refractivity contribution in [3.8, 4) is 0 Å². The smallest absolute Gasteiger partial charge is 0.411 e. The molecule has 0 saturated carbocycles. The van der Waals surface area contributed by atoms with Gasteiger partial charge in [0.2, 0.25) is 0 Å². The van der Waals surface area contributed by atoms with Crippen molar-refractivity contribution in [3.63, 3.8) is 0 Å². The van der Waals surface area contributed by atoms with E-state index in [-0.39, 0.29) is 23.9 Å². The summed E-state index contributed by atoms with van der Waals surface area (Å²) in [5, 5.41) is 0. The van der Waals surface area contributed by atoms with E-state index < -0.39 is 12.2 Å². The molecule has 0 radical (unpaired) electrons. The summed E-state index contributed by atoms with van der Waals surface area (Å²) in [6.07, 6.45) is 2.60. The lowest BCUT2D eigenvalue weighted by atomic mass is 9.93. The van der Waals surface area contributed by atoms with Crippen LogP contribution in [-0.2, 0) is 22.6 Å². The summed E-state index contributed by atoms with van der Waals surface area (Å²) in [4.78, 5) is 30.8. The van der Waals surface area contributed by atoms with Gasteiger partial charge in [0, 0.05) is 25.2 Å². The number of rotatable bonds is 13. The number of carbonyl (C=O) groups excluding carboxylic acids is 2. The summed E-state index contributed by atoms with van der Waals surface area (Å²) in [6.45, 7) is 15.2. The summed E-state index contributed by atoms with van der Waals surface area (Å²) in [6, 6.07) is 20.1. The maximum Gasteiger partial charge on any atom is 0.411 e. The molecule has 0 bridgehead atoms. The monoisotopic (exact) mass is 492 g/mol. The van der Waals surface area contributed by atoms with Gasteiger partial charge in [-0.25, -0.2) is 4.79 Å². The van der Waals surface area contributed by atoms with Gasteiger partial charge in [-0.3, -0.25) is 9.69 Å². The number of ketones is 1. The van der Waals surface area contributed by atoms with Gasteiger partial charge in [0.1, 0.15) is 0 Å². The van der Waals surface area contributed by atoms with Crippen LogP contribution in [0.2, 0.25) is 0 Å². The summed E-state index contributed by atoms with van der Waals surface area (Å²) in [7, 11) is 0. The van der Waals surface area contributed by atoms with Crippen LogP contribution in [-0.4, -0.2) is 45.9 Å². The summed E-state index contributed by atoms with van der Waals surface area (Å²) < 4.78 is 6.11. The summed E-state index contributed by atoms with van der Waals surface area (Å²) in [5.74, 6) is 0.116. The molecule has 2 rings (SSSR count). The van der Waals surface area contributed by atoms with Gasteiger partial charge in [-0.1, -0.05) is 80.6 Å². The first-order chi connectivity index (χ1) is 17.1. The minimum absolute atomic E-state index is 0.0386. The zero-order valence-corrected chi connectivity index (χ0v) is 23.1. The highest BCUT2D eigenvalue weighted by atomic mass is 16.6. The lowest BCUT2D eigenvalue weighted by molar-refractivity contribution is -0.128. The molecule has 5 nitrogen and oxygen atoms in total. The second kappa shape index (κ2) is 14.6. The standard InChI is InChI=1S/C31H44N2O3/c1-8-15-29(34)30(36-31(35)33(24(4)5)25(6)7)28(20-23(2)3)32(21-26-16-11-9-12-17-26)22-27-18-13-10-14-19-27/h8-19,23-25,28,30H,20-22H2,1-7H3/b15-8+/t28-,30-/m0/s1. The lowest BCUT2D eigenvalue weighted by Crippen LogP contribution is -2.52. The lowest BCUT2D eigenvalue weighted by Gasteiger charge is -2.38. The van der Waals surface area contributed by atoms with E-state index in [2.05, 4.69) is 43.0 Å². The molecule has 0 spiro atoms. The van der Waals surface area contributed by atoms with Gasteiger partial charge in [0.15, 0.2) is 11.9 Å². The van der Waals surface area contributed by atoms with Gasteiger partial charge in [-0.05, 0) is 64.2 Å². The molecule has 5 heteroatoms. The van der Waals surface area contributed by atoms with Crippen molar-refractivity contribution in [2.75, 3.05) is 0 Å². The van der Waals surface area contributed by atoms with Crippen molar-refractivity contribution in [2.24, 2.45) is 5.92 Å². The van der Waals surface area contributed by atoms with Crippen LogP contribution < -0.4 is 0 Å². The molecular formula is C31H44N2O3. The fraction of sp³-hybridized carbons (Fsp3) is 0.484. The molecule has 0 aromatic heterocycles. The molecule has 2 atom stereocenters. The largest absolute Gasteiger partial charge is 0.436 e. The second-order valence-electron chi connectivity index (χ2n) is 10.4. The molecule has 0 fully saturated rings. The Morgan fingerprint density at radius 3 is 1.67 bits per heavy atom. The Morgan fingerprint density at radius 1 is 0.806 bits per heavy atom. The van der Waals surface area contributed by atoms with Crippen molar-refractivity contribution in [1.82, 2.24) is 9.80 Å². The third-order valence-electron chi connectivity index (χ3n) is 6.15. The quantitative estimate of drug-likeness (QED) is 0.286. The average molecular weight is 493 g/mol. The van der Waals surface area contributed by atoms with Gasteiger partial charge in [0.05, 0.1) is 6.04 Å². The van der Waals surface area contributed by atoms with E-state index in [1.54, 1.807) is 11.0 Å².